The predicted molar refractivity (Wildman–Crippen MR) is 66.5 cm³/mol. The zero-order valence-corrected chi connectivity index (χ0v) is 9.78. The molecule has 1 aromatic carbocycles. The van der Waals surface area contributed by atoms with Crippen LogP contribution < -0.4 is 0 Å². The summed E-state index contributed by atoms with van der Waals surface area (Å²) >= 11 is 0. The molecule has 0 radical (unpaired) electrons. The summed E-state index contributed by atoms with van der Waals surface area (Å²) in [7, 11) is 0. The van der Waals surface area contributed by atoms with Crippen LogP contribution in [0.2, 0.25) is 0 Å². The maximum atomic E-state index is 11.4. The van der Waals surface area contributed by atoms with Crippen molar-refractivity contribution in [1.29, 1.82) is 0 Å². The maximum Gasteiger partial charge on any atom is 0.126 e. The fourth-order valence-electron chi connectivity index (χ4n) is 2.83. The van der Waals surface area contributed by atoms with Crippen molar-refractivity contribution >= 4 is 6.29 Å². The van der Waals surface area contributed by atoms with Crippen molar-refractivity contribution in [2.45, 2.75) is 32.1 Å². The Bertz CT molecular complexity index is 408. The number of benzene rings is 1. The quantitative estimate of drug-likeness (QED) is 0.554. The van der Waals surface area contributed by atoms with E-state index < -0.39 is 0 Å². The zero-order chi connectivity index (χ0) is 11.6. The monoisotopic (exact) mass is 214 g/mol. The van der Waals surface area contributed by atoms with Crippen molar-refractivity contribution in [1.82, 2.24) is 0 Å². The SMILES string of the molecule is C=CC[C@](C)(C=O)C1CCc2ccccc21. The van der Waals surface area contributed by atoms with Gasteiger partial charge >= 0.3 is 0 Å². The van der Waals surface area contributed by atoms with E-state index in [4.69, 9.17) is 0 Å². The summed E-state index contributed by atoms with van der Waals surface area (Å²) in [4.78, 5) is 11.4. The highest BCUT2D eigenvalue weighted by Gasteiger charge is 2.37. The molecule has 0 N–H and O–H groups in total. The second-order valence-corrected chi connectivity index (χ2v) is 4.91. The molecular formula is C15H18O. The molecule has 0 saturated heterocycles. The van der Waals surface area contributed by atoms with Gasteiger partial charge in [0.2, 0.25) is 0 Å². The molecule has 1 heteroatoms. The third-order valence-corrected chi connectivity index (χ3v) is 3.78. The smallest absolute Gasteiger partial charge is 0.126 e. The highest BCUT2D eigenvalue weighted by Crippen LogP contribution is 2.45. The fraction of sp³-hybridized carbons (Fsp3) is 0.400. The van der Waals surface area contributed by atoms with Crippen LogP contribution in [0, 0.1) is 5.41 Å². The Morgan fingerprint density at radius 3 is 2.94 bits per heavy atom. The second kappa shape index (κ2) is 4.25. The number of carbonyl (C=O) groups excluding carboxylic acids is 1. The number of carbonyl (C=O) groups is 1. The Balaban J connectivity index is 2.36. The van der Waals surface area contributed by atoms with E-state index in [2.05, 4.69) is 37.8 Å². The highest BCUT2D eigenvalue weighted by atomic mass is 16.1. The lowest BCUT2D eigenvalue weighted by Gasteiger charge is -2.29. The Kier molecular flexibility index (Phi) is 2.95. The van der Waals surface area contributed by atoms with Gasteiger partial charge in [0.05, 0.1) is 0 Å². The molecule has 0 amide bonds. The first-order valence-electron chi connectivity index (χ1n) is 5.86. The molecule has 1 aliphatic rings. The van der Waals surface area contributed by atoms with Crippen molar-refractivity contribution in [3.8, 4) is 0 Å². The minimum Gasteiger partial charge on any atom is -0.303 e. The molecule has 0 spiro atoms. The van der Waals surface area contributed by atoms with Crippen molar-refractivity contribution in [2.75, 3.05) is 0 Å². The van der Waals surface area contributed by atoms with Gasteiger partial charge in [-0.25, -0.2) is 0 Å². The van der Waals surface area contributed by atoms with E-state index in [0.717, 1.165) is 25.5 Å². The summed E-state index contributed by atoms with van der Waals surface area (Å²) in [5, 5.41) is 0. The first-order chi connectivity index (χ1) is 7.71. The van der Waals surface area contributed by atoms with Crippen LogP contribution in [0.25, 0.3) is 0 Å². The summed E-state index contributed by atoms with van der Waals surface area (Å²) < 4.78 is 0. The normalized spacial score (nSPS) is 22.2. The Morgan fingerprint density at radius 1 is 1.50 bits per heavy atom. The van der Waals surface area contributed by atoms with E-state index in [1.807, 2.05) is 6.08 Å². The van der Waals surface area contributed by atoms with Crippen LogP contribution in [0.15, 0.2) is 36.9 Å². The van der Waals surface area contributed by atoms with Crippen LogP contribution in [0.1, 0.15) is 36.8 Å². The molecule has 0 fully saturated rings. The standard InChI is InChI=1S/C15H18O/c1-3-10-15(2,11-16)14-9-8-12-6-4-5-7-13(12)14/h3-7,11,14H,1,8-10H2,2H3/t14?,15-/m1/s1. The van der Waals surface area contributed by atoms with Crippen molar-refractivity contribution in [2.24, 2.45) is 5.41 Å². The molecule has 1 aromatic rings. The number of allylic oxidation sites excluding steroid dienone is 1. The van der Waals surface area contributed by atoms with E-state index in [-0.39, 0.29) is 5.41 Å². The summed E-state index contributed by atoms with van der Waals surface area (Å²) in [5.41, 5.74) is 2.48. The topological polar surface area (TPSA) is 17.1 Å². The van der Waals surface area contributed by atoms with E-state index in [0.29, 0.717) is 5.92 Å². The minimum absolute atomic E-state index is 0.283. The molecule has 16 heavy (non-hydrogen) atoms. The van der Waals surface area contributed by atoms with Gasteiger partial charge in [-0.1, -0.05) is 37.3 Å². The number of aldehydes is 1. The van der Waals surface area contributed by atoms with Gasteiger partial charge in [-0.15, -0.1) is 6.58 Å². The third-order valence-electron chi connectivity index (χ3n) is 3.78. The van der Waals surface area contributed by atoms with Crippen LogP contribution in [0.4, 0.5) is 0 Å². The average molecular weight is 214 g/mol. The van der Waals surface area contributed by atoms with Crippen LogP contribution in [0.3, 0.4) is 0 Å². The molecule has 1 unspecified atom stereocenters. The minimum atomic E-state index is -0.283. The number of aryl methyl sites for hydroxylation is 1. The second-order valence-electron chi connectivity index (χ2n) is 4.91. The molecule has 0 heterocycles. The van der Waals surface area contributed by atoms with Crippen LogP contribution in [-0.4, -0.2) is 6.29 Å². The summed E-state index contributed by atoms with van der Waals surface area (Å²) in [6.07, 6.45) is 5.91. The molecule has 0 bridgehead atoms. The van der Waals surface area contributed by atoms with E-state index >= 15 is 0 Å². The molecule has 0 saturated carbocycles. The van der Waals surface area contributed by atoms with Crippen molar-refractivity contribution in [3.63, 3.8) is 0 Å². The lowest BCUT2D eigenvalue weighted by Crippen LogP contribution is -2.25. The Morgan fingerprint density at radius 2 is 2.25 bits per heavy atom. The number of hydrogen-bond donors (Lipinski definition) is 0. The van der Waals surface area contributed by atoms with E-state index in [1.54, 1.807) is 0 Å². The zero-order valence-electron chi connectivity index (χ0n) is 9.78. The first kappa shape index (κ1) is 11.1. The van der Waals surface area contributed by atoms with Crippen LogP contribution >= 0.6 is 0 Å². The molecule has 2 rings (SSSR count). The molecular weight excluding hydrogens is 196 g/mol. The van der Waals surface area contributed by atoms with Crippen molar-refractivity contribution < 1.29 is 4.79 Å². The average Bonchev–Trinajstić information content (AvgIpc) is 2.73. The van der Waals surface area contributed by atoms with Gasteiger partial charge in [-0.3, -0.25) is 0 Å². The highest BCUT2D eigenvalue weighted by molar-refractivity contribution is 5.62. The lowest BCUT2D eigenvalue weighted by atomic mass is 9.73. The van der Waals surface area contributed by atoms with Gasteiger partial charge in [0.1, 0.15) is 6.29 Å². The Labute approximate surface area is 97.2 Å². The molecule has 0 aliphatic heterocycles. The van der Waals surface area contributed by atoms with Gasteiger partial charge in [0.25, 0.3) is 0 Å². The van der Waals surface area contributed by atoms with Gasteiger partial charge in [0.15, 0.2) is 0 Å². The van der Waals surface area contributed by atoms with Gasteiger partial charge < -0.3 is 4.79 Å². The van der Waals surface area contributed by atoms with Gasteiger partial charge in [-0.05, 0) is 36.3 Å². The summed E-state index contributed by atoms with van der Waals surface area (Å²) in [6, 6.07) is 8.48. The molecule has 2 atom stereocenters. The lowest BCUT2D eigenvalue weighted by molar-refractivity contribution is -0.116. The fourth-order valence-corrected chi connectivity index (χ4v) is 2.83. The summed E-state index contributed by atoms with van der Waals surface area (Å²) in [6.45, 7) is 5.81. The third kappa shape index (κ3) is 1.71. The van der Waals surface area contributed by atoms with Crippen LogP contribution in [0.5, 0.6) is 0 Å². The largest absolute Gasteiger partial charge is 0.303 e. The predicted octanol–water partition coefficient (Wildman–Crippen LogP) is 3.50. The van der Waals surface area contributed by atoms with E-state index in [1.165, 1.54) is 11.1 Å². The van der Waals surface area contributed by atoms with Crippen molar-refractivity contribution in [3.05, 3.63) is 48.0 Å². The van der Waals surface area contributed by atoms with Crippen LogP contribution in [-0.2, 0) is 11.2 Å². The first-order valence-corrected chi connectivity index (χ1v) is 5.86. The molecule has 1 aliphatic carbocycles. The number of hydrogen-bond acceptors (Lipinski definition) is 1. The maximum absolute atomic E-state index is 11.4. The summed E-state index contributed by atoms with van der Waals surface area (Å²) in [5.74, 6) is 0.360. The van der Waals surface area contributed by atoms with Gasteiger partial charge in [-0.2, -0.15) is 0 Å². The number of rotatable bonds is 4. The Hall–Kier alpha value is -1.37. The van der Waals surface area contributed by atoms with E-state index in [9.17, 15) is 4.79 Å². The number of fused-ring (bicyclic) bond motifs is 1. The molecule has 1 nitrogen and oxygen atoms in total. The molecule has 84 valence electrons. The van der Waals surface area contributed by atoms with Gasteiger partial charge in [0, 0.05) is 5.41 Å². The molecule has 0 aromatic heterocycles.